The summed E-state index contributed by atoms with van der Waals surface area (Å²) in [4.78, 5) is 14.8. The molecule has 21 heavy (non-hydrogen) atoms. The average Bonchev–Trinajstić information content (AvgIpc) is 3.31. The second kappa shape index (κ2) is 5.30. The van der Waals surface area contributed by atoms with Crippen LogP contribution in [0.15, 0.2) is 0 Å². The molecule has 3 saturated heterocycles. The van der Waals surface area contributed by atoms with Gasteiger partial charge in [-0.25, -0.2) is 9.97 Å². The van der Waals surface area contributed by atoms with Crippen molar-refractivity contribution in [2.75, 3.05) is 32.7 Å². The second-order valence-corrected chi connectivity index (χ2v) is 6.74. The van der Waals surface area contributed by atoms with Gasteiger partial charge in [-0.15, -0.1) is 0 Å². The van der Waals surface area contributed by atoms with Crippen LogP contribution in [0.4, 0.5) is 0 Å². The number of rotatable bonds is 4. The normalized spacial score (nSPS) is 31.6. The van der Waals surface area contributed by atoms with Gasteiger partial charge in [0.2, 0.25) is 0 Å². The van der Waals surface area contributed by atoms with Gasteiger partial charge >= 0.3 is 0 Å². The molecule has 4 heterocycles. The number of hydrogen-bond acceptors (Lipinski definition) is 5. The molecule has 1 N–H and O–H groups in total. The predicted octanol–water partition coefficient (Wildman–Crippen LogP) is 1.02. The topological polar surface area (TPSA) is 44.3 Å². The van der Waals surface area contributed by atoms with Crippen molar-refractivity contribution in [2.45, 2.75) is 45.3 Å². The molecule has 1 aromatic heterocycles. The first-order chi connectivity index (χ1) is 10.2. The van der Waals surface area contributed by atoms with Crippen molar-refractivity contribution < 1.29 is 0 Å². The van der Waals surface area contributed by atoms with Crippen molar-refractivity contribution >= 4 is 0 Å². The Morgan fingerprint density at radius 2 is 1.71 bits per heavy atom. The van der Waals surface area contributed by atoms with Gasteiger partial charge in [0.05, 0.1) is 6.04 Å². The van der Waals surface area contributed by atoms with Crippen molar-refractivity contribution in [3.8, 4) is 0 Å². The van der Waals surface area contributed by atoms with Crippen molar-refractivity contribution in [1.82, 2.24) is 25.1 Å². The van der Waals surface area contributed by atoms with Crippen LogP contribution in [-0.4, -0.2) is 58.5 Å². The summed E-state index contributed by atoms with van der Waals surface area (Å²) in [5.41, 5.74) is 3.61. The minimum Gasteiger partial charge on any atom is -0.310 e. The lowest BCUT2D eigenvalue weighted by molar-refractivity contribution is 0.00849. The predicted molar refractivity (Wildman–Crippen MR) is 82.1 cm³/mol. The molecule has 1 saturated carbocycles. The van der Waals surface area contributed by atoms with Gasteiger partial charge in [0, 0.05) is 62.3 Å². The number of fused-ring (bicyclic) bond motifs is 3. The summed E-state index contributed by atoms with van der Waals surface area (Å²) in [6.45, 7) is 11.0. The van der Waals surface area contributed by atoms with Crippen LogP contribution in [0.5, 0.6) is 0 Å². The molecular weight excluding hydrogens is 262 g/mol. The summed E-state index contributed by atoms with van der Waals surface area (Å²) in [7, 11) is 0. The molecule has 0 spiro atoms. The molecule has 0 amide bonds. The van der Waals surface area contributed by atoms with E-state index in [-0.39, 0.29) is 0 Å². The van der Waals surface area contributed by atoms with Gasteiger partial charge in [0.25, 0.3) is 0 Å². The Balaban J connectivity index is 1.55. The van der Waals surface area contributed by atoms with Gasteiger partial charge in [-0.2, -0.15) is 0 Å². The van der Waals surface area contributed by atoms with Crippen LogP contribution in [0, 0.1) is 13.8 Å². The molecule has 5 heteroatoms. The molecule has 2 bridgehead atoms. The van der Waals surface area contributed by atoms with Crippen LogP contribution >= 0.6 is 0 Å². The Labute approximate surface area is 126 Å². The molecule has 1 aliphatic carbocycles. The highest BCUT2D eigenvalue weighted by molar-refractivity contribution is 5.25. The Morgan fingerprint density at radius 1 is 1.05 bits per heavy atom. The highest BCUT2D eigenvalue weighted by atomic mass is 15.4. The van der Waals surface area contributed by atoms with Gasteiger partial charge in [-0.3, -0.25) is 9.80 Å². The lowest BCUT2D eigenvalue weighted by Gasteiger charge is -2.46. The van der Waals surface area contributed by atoms with Crippen LogP contribution in [0.1, 0.15) is 41.7 Å². The van der Waals surface area contributed by atoms with Crippen LogP contribution in [0.3, 0.4) is 0 Å². The van der Waals surface area contributed by atoms with Crippen LogP contribution < -0.4 is 5.32 Å². The first-order valence-electron chi connectivity index (χ1n) is 8.24. The van der Waals surface area contributed by atoms with E-state index < -0.39 is 0 Å². The largest absolute Gasteiger partial charge is 0.310 e. The lowest BCUT2D eigenvalue weighted by Crippen LogP contribution is -2.57. The zero-order valence-corrected chi connectivity index (χ0v) is 13.1. The summed E-state index contributed by atoms with van der Waals surface area (Å²) in [6, 6.07) is 1.13. The van der Waals surface area contributed by atoms with Crippen molar-refractivity contribution in [3.05, 3.63) is 22.8 Å². The molecule has 114 valence electrons. The van der Waals surface area contributed by atoms with Crippen molar-refractivity contribution in [1.29, 1.82) is 0 Å². The van der Waals surface area contributed by atoms with Crippen LogP contribution in [-0.2, 0) is 6.54 Å². The molecule has 4 fully saturated rings. The lowest BCUT2D eigenvalue weighted by atomic mass is 10.1. The fourth-order valence-corrected chi connectivity index (χ4v) is 3.57. The van der Waals surface area contributed by atoms with E-state index in [0.717, 1.165) is 49.4 Å². The molecule has 4 aliphatic rings. The highest BCUT2D eigenvalue weighted by Crippen LogP contribution is 2.28. The molecular formula is C16H25N5. The third-order valence-electron chi connectivity index (χ3n) is 5.16. The minimum atomic E-state index is 0.398. The van der Waals surface area contributed by atoms with Gasteiger partial charge in [0.15, 0.2) is 0 Å². The van der Waals surface area contributed by atoms with Crippen LogP contribution in [0.25, 0.3) is 0 Å². The maximum atomic E-state index is 4.86. The van der Waals surface area contributed by atoms with E-state index in [1.807, 2.05) is 0 Å². The van der Waals surface area contributed by atoms with E-state index in [2.05, 4.69) is 29.0 Å². The number of nitrogens with one attached hydrogen (secondary N) is 1. The zero-order valence-electron chi connectivity index (χ0n) is 13.1. The van der Waals surface area contributed by atoms with E-state index in [4.69, 9.17) is 9.97 Å². The maximum Gasteiger partial charge on any atom is 0.147 e. The third kappa shape index (κ3) is 2.70. The van der Waals surface area contributed by atoms with Crippen molar-refractivity contribution in [2.24, 2.45) is 0 Å². The first kappa shape index (κ1) is 13.6. The van der Waals surface area contributed by atoms with E-state index in [0.29, 0.717) is 6.04 Å². The highest BCUT2D eigenvalue weighted by Gasteiger charge is 2.34. The molecule has 0 radical (unpaired) electrons. The number of nitrogens with zero attached hydrogens (tertiary/aromatic N) is 4. The number of aryl methyl sites for hydroxylation is 2. The van der Waals surface area contributed by atoms with Crippen molar-refractivity contribution in [3.63, 3.8) is 0 Å². The Morgan fingerprint density at radius 3 is 2.24 bits per heavy atom. The Hall–Kier alpha value is -1.04. The zero-order chi connectivity index (χ0) is 14.4. The fraction of sp³-hybridized carbons (Fsp3) is 0.750. The SMILES string of the molecule is Cc1nc(C2CN3CCN2CC3)nc(C)c1CNC1CC1. The summed E-state index contributed by atoms with van der Waals surface area (Å²) >= 11 is 0. The van der Waals surface area contributed by atoms with Gasteiger partial charge < -0.3 is 5.32 Å². The standard InChI is InChI=1S/C16H25N5/c1-11-14(9-17-13-3-4-13)12(2)19-16(18-11)15-10-20-5-7-21(15)8-6-20/h13,15,17H,3-10H2,1-2H3. The molecule has 1 aromatic rings. The van der Waals surface area contributed by atoms with E-state index in [9.17, 15) is 0 Å². The Kier molecular flexibility index (Phi) is 3.44. The summed E-state index contributed by atoms with van der Waals surface area (Å²) in [5.74, 6) is 1.03. The molecule has 1 unspecified atom stereocenters. The molecule has 0 aromatic carbocycles. The minimum absolute atomic E-state index is 0.398. The van der Waals surface area contributed by atoms with E-state index in [1.54, 1.807) is 0 Å². The van der Waals surface area contributed by atoms with Gasteiger partial charge in [0.1, 0.15) is 5.82 Å². The number of hydrogen-bond donors (Lipinski definition) is 1. The van der Waals surface area contributed by atoms with E-state index >= 15 is 0 Å². The maximum absolute atomic E-state index is 4.86. The summed E-state index contributed by atoms with van der Waals surface area (Å²) in [5, 5.41) is 3.58. The molecule has 5 nitrogen and oxygen atoms in total. The Bertz CT molecular complexity index is 508. The number of piperazine rings is 3. The second-order valence-electron chi connectivity index (χ2n) is 6.74. The summed E-state index contributed by atoms with van der Waals surface area (Å²) in [6.07, 6.45) is 2.65. The molecule has 5 rings (SSSR count). The average molecular weight is 287 g/mol. The van der Waals surface area contributed by atoms with Crippen LogP contribution in [0.2, 0.25) is 0 Å². The molecule has 3 aliphatic heterocycles. The molecule has 1 atom stereocenters. The van der Waals surface area contributed by atoms with E-state index in [1.165, 1.54) is 31.5 Å². The number of aromatic nitrogens is 2. The van der Waals surface area contributed by atoms with Gasteiger partial charge in [-0.1, -0.05) is 0 Å². The van der Waals surface area contributed by atoms with Gasteiger partial charge in [-0.05, 0) is 26.7 Å². The monoisotopic (exact) mass is 287 g/mol. The first-order valence-corrected chi connectivity index (χ1v) is 8.24. The quantitative estimate of drug-likeness (QED) is 0.896. The fourth-order valence-electron chi connectivity index (χ4n) is 3.57. The smallest absolute Gasteiger partial charge is 0.147 e. The third-order valence-corrected chi connectivity index (χ3v) is 5.16. The summed E-state index contributed by atoms with van der Waals surface area (Å²) < 4.78 is 0.